The third-order valence-electron chi connectivity index (χ3n) is 4.10. The molecule has 1 saturated heterocycles. The van der Waals surface area contributed by atoms with E-state index in [0.29, 0.717) is 10.5 Å². The topological polar surface area (TPSA) is 67.4 Å². The Kier molecular flexibility index (Phi) is 7.32. The van der Waals surface area contributed by atoms with Gasteiger partial charge in [-0.25, -0.2) is 13.1 Å². The third-order valence-corrected chi connectivity index (χ3v) is 5.76. The molecule has 0 aliphatic carbocycles. The molecule has 1 aliphatic rings. The zero-order valence-electron chi connectivity index (χ0n) is 14.2. The fraction of sp³-hybridized carbons (Fsp3) is 0.625. The minimum atomic E-state index is -3.50. The Morgan fingerprint density at radius 1 is 1.26 bits per heavy atom. The van der Waals surface area contributed by atoms with E-state index in [0.717, 1.165) is 37.2 Å². The molecule has 2 rings (SSSR count). The monoisotopic (exact) mass is 362 g/mol. The first-order valence-electron chi connectivity index (χ1n) is 7.76. The maximum Gasteiger partial charge on any atom is 0.241 e. The molecule has 1 fully saturated rings. The number of nitrogens with one attached hydrogen (secondary N) is 2. The van der Waals surface area contributed by atoms with Crippen molar-refractivity contribution in [3.63, 3.8) is 0 Å². The number of piperidine rings is 1. The van der Waals surface area contributed by atoms with Crippen molar-refractivity contribution in [2.75, 3.05) is 20.2 Å². The maximum atomic E-state index is 12.7. The Labute approximate surface area is 145 Å². The van der Waals surface area contributed by atoms with E-state index in [1.807, 2.05) is 26.8 Å². The first-order valence-corrected chi connectivity index (χ1v) is 9.25. The molecule has 0 radical (unpaired) electrons. The van der Waals surface area contributed by atoms with Crippen molar-refractivity contribution in [3.8, 4) is 5.75 Å². The van der Waals surface area contributed by atoms with Crippen molar-refractivity contribution in [2.45, 2.75) is 50.5 Å². The van der Waals surface area contributed by atoms with Crippen LogP contribution in [0.2, 0.25) is 0 Å². The summed E-state index contributed by atoms with van der Waals surface area (Å²) in [7, 11) is -1.89. The van der Waals surface area contributed by atoms with Gasteiger partial charge in [-0.2, -0.15) is 0 Å². The predicted molar refractivity (Wildman–Crippen MR) is 95.3 cm³/mol. The molecular weight excluding hydrogens is 336 g/mol. The zero-order chi connectivity index (χ0) is 16.3. The van der Waals surface area contributed by atoms with Gasteiger partial charge in [-0.1, -0.05) is 13.8 Å². The van der Waals surface area contributed by atoms with Crippen molar-refractivity contribution in [3.05, 3.63) is 23.3 Å². The summed E-state index contributed by atoms with van der Waals surface area (Å²) in [4.78, 5) is 0.357. The third kappa shape index (κ3) is 4.83. The number of hydrogen-bond donors (Lipinski definition) is 2. The molecule has 0 spiro atoms. The molecule has 1 aliphatic heterocycles. The molecule has 0 saturated carbocycles. The molecule has 5 nitrogen and oxygen atoms in total. The maximum absolute atomic E-state index is 12.7. The molecule has 1 heterocycles. The van der Waals surface area contributed by atoms with Crippen LogP contribution in [0, 0.1) is 6.92 Å². The minimum absolute atomic E-state index is 0. The Hall–Kier alpha value is -0.820. The number of sulfonamides is 1. The standard InChI is InChI=1S/C16H26N2O3S.ClH/c1-11(2)14-10-16(12(3)9-15(14)21-4)22(19,20)18-13-5-7-17-8-6-13;/h9-11,13,17-18H,5-8H2,1-4H3;1H. The molecule has 0 bridgehead atoms. The number of ether oxygens (including phenoxy) is 1. The van der Waals surface area contributed by atoms with Gasteiger partial charge in [0.15, 0.2) is 0 Å². The number of aryl methyl sites for hydroxylation is 1. The van der Waals surface area contributed by atoms with E-state index in [1.54, 1.807) is 13.2 Å². The number of rotatable bonds is 5. The molecule has 0 aromatic heterocycles. The van der Waals surface area contributed by atoms with Gasteiger partial charge >= 0.3 is 0 Å². The summed E-state index contributed by atoms with van der Waals surface area (Å²) in [5.41, 5.74) is 1.63. The van der Waals surface area contributed by atoms with Crippen LogP contribution in [0.3, 0.4) is 0 Å². The van der Waals surface area contributed by atoms with E-state index in [9.17, 15) is 8.42 Å². The molecule has 1 aromatic rings. The van der Waals surface area contributed by atoms with Gasteiger partial charge in [0.05, 0.1) is 12.0 Å². The van der Waals surface area contributed by atoms with Crippen LogP contribution >= 0.6 is 12.4 Å². The molecule has 2 N–H and O–H groups in total. The average molecular weight is 363 g/mol. The zero-order valence-corrected chi connectivity index (χ0v) is 15.8. The highest BCUT2D eigenvalue weighted by Gasteiger charge is 2.25. The van der Waals surface area contributed by atoms with E-state index in [1.165, 1.54) is 0 Å². The van der Waals surface area contributed by atoms with Crippen LogP contribution < -0.4 is 14.8 Å². The smallest absolute Gasteiger partial charge is 0.241 e. The fourth-order valence-corrected chi connectivity index (χ4v) is 4.38. The molecule has 23 heavy (non-hydrogen) atoms. The second-order valence-electron chi connectivity index (χ2n) is 6.16. The second kappa shape index (κ2) is 8.33. The van der Waals surface area contributed by atoms with Crippen LogP contribution in [-0.2, 0) is 10.0 Å². The lowest BCUT2D eigenvalue weighted by atomic mass is 10.0. The highest BCUT2D eigenvalue weighted by atomic mass is 35.5. The molecule has 0 amide bonds. The van der Waals surface area contributed by atoms with Crippen molar-refractivity contribution >= 4 is 22.4 Å². The van der Waals surface area contributed by atoms with E-state index in [-0.39, 0.29) is 24.4 Å². The Morgan fingerprint density at radius 2 is 1.87 bits per heavy atom. The second-order valence-corrected chi connectivity index (χ2v) is 7.84. The first-order chi connectivity index (χ1) is 10.3. The molecular formula is C16H27ClN2O3S. The molecule has 132 valence electrons. The number of methoxy groups -OCH3 is 1. The van der Waals surface area contributed by atoms with E-state index >= 15 is 0 Å². The average Bonchev–Trinajstić information content (AvgIpc) is 2.46. The van der Waals surface area contributed by atoms with Crippen LogP contribution in [0.25, 0.3) is 0 Å². The van der Waals surface area contributed by atoms with Crippen LogP contribution in [-0.4, -0.2) is 34.7 Å². The van der Waals surface area contributed by atoms with Crippen molar-refractivity contribution in [1.82, 2.24) is 10.0 Å². The number of hydrogen-bond acceptors (Lipinski definition) is 4. The van der Waals surface area contributed by atoms with Crippen LogP contribution in [0.5, 0.6) is 5.75 Å². The van der Waals surface area contributed by atoms with Crippen LogP contribution in [0.15, 0.2) is 17.0 Å². The normalized spacial score (nSPS) is 16.2. The van der Waals surface area contributed by atoms with E-state index in [2.05, 4.69) is 10.0 Å². The van der Waals surface area contributed by atoms with Gasteiger partial charge in [-0.3, -0.25) is 0 Å². The van der Waals surface area contributed by atoms with Gasteiger partial charge in [0, 0.05) is 6.04 Å². The lowest BCUT2D eigenvalue weighted by Gasteiger charge is -2.24. The highest BCUT2D eigenvalue weighted by molar-refractivity contribution is 7.89. The summed E-state index contributed by atoms with van der Waals surface area (Å²) in [6.07, 6.45) is 1.65. The summed E-state index contributed by atoms with van der Waals surface area (Å²) in [6.45, 7) is 7.58. The van der Waals surface area contributed by atoms with Gasteiger partial charge in [0.1, 0.15) is 5.75 Å². The highest BCUT2D eigenvalue weighted by Crippen LogP contribution is 2.31. The predicted octanol–water partition coefficient (Wildman–Crippen LogP) is 2.58. The summed E-state index contributed by atoms with van der Waals surface area (Å²) >= 11 is 0. The van der Waals surface area contributed by atoms with Crippen molar-refractivity contribution in [2.24, 2.45) is 0 Å². The van der Waals surface area contributed by atoms with Gasteiger partial charge in [0.25, 0.3) is 0 Å². The molecule has 0 atom stereocenters. The Morgan fingerprint density at radius 3 is 2.39 bits per heavy atom. The van der Waals surface area contributed by atoms with E-state index in [4.69, 9.17) is 4.74 Å². The van der Waals surface area contributed by atoms with Gasteiger partial charge in [-0.05, 0) is 62.0 Å². The quantitative estimate of drug-likeness (QED) is 0.844. The van der Waals surface area contributed by atoms with Gasteiger partial charge in [0.2, 0.25) is 10.0 Å². The molecule has 7 heteroatoms. The van der Waals surface area contributed by atoms with Crippen molar-refractivity contribution < 1.29 is 13.2 Å². The number of halogens is 1. The Bertz CT molecular complexity index is 626. The summed E-state index contributed by atoms with van der Waals surface area (Å²) in [5.74, 6) is 0.941. The summed E-state index contributed by atoms with van der Waals surface area (Å²) < 4.78 is 33.7. The Balaban J connectivity index is 0.00000264. The first kappa shape index (κ1) is 20.2. The minimum Gasteiger partial charge on any atom is -0.496 e. The van der Waals surface area contributed by atoms with Crippen molar-refractivity contribution in [1.29, 1.82) is 0 Å². The van der Waals surface area contributed by atoms with Gasteiger partial charge in [-0.15, -0.1) is 12.4 Å². The summed E-state index contributed by atoms with van der Waals surface area (Å²) in [5, 5.41) is 3.24. The van der Waals surface area contributed by atoms with Crippen LogP contribution in [0.1, 0.15) is 43.7 Å². The number of benzene rings is 1. The summed E-state index contributed by atoms with van der Waals surface area (Å²) in [6, 6.07) is 3.57. The SMILES string of the molecule is COc1cc(C)c(S(=O)(=O)NC2CCNCC2)cc1C(C)C.Cl. The lowest BCUT2D eigenvalue weighted by molar-refractivity contribution is 0.406. The van der Waals surface area contributed by atoms with Gasteiger partial charge < -0.3 is 10.1 Å². The fourth-order valence-electron chi connectivity index (χ4n) is 2.82. The largest absolute Gasteiger partial charge is 0.496 e. The molecule has 0 unspecified atom stereocenters. The lowest BCUT2D eigenvalue weighted by Crippen LogP contribution is -2.42. The van der Waals surface area contributed by atoms with Crippen LogP contribution in [0.4, 0.5) is 0 Å². The molecule has 1 aromatic carbocycles. The van der Waals surface area contributed by atoms with E-state index < -0.39 is 10.0 Å².